The zero-order chi connectivity index (χ0) is 23.5. The quantitative estimate of drug-likeness (QED) is 0.505. The number of piperidine rings is 1. The molecule has 2 unspecified atom stereocenters. The molecule has 3 aliphatic rings. The topological polar surface area (TPSA) is 154 Å². The van der Waals surface area contributed by atoms with Crippen molar-refractivity contribution in [1.29, 1.82) is 0 Å². The van der Waals surface area contributed by atoms with E-state index in [2.05, 4.69) is 15.6 Å². The highest BCUT2D eigenvalue weighted by molar-refractivity contribution is 7.97. The van der Waals surface area contributed by atoms with E-state index >= 15 is 0 Å². The molecule has 1 N–H and O–H groups in total. The lowest BCUT2D eigenvalue weighted by atomic mass is 10.0. The van der Waals surface area contributed by atoms with Crippen LogP contribution in [0.3, 0.4) is 0 Å². The average molecular weight is 471 g/mol. The number of sulfone groups is 1. The van der Waals surface area contributed by atoms with Gasteiger partial charge in [0, 0.05) is 22.2 Å². The molecule has 0 radical (unpaired) electrons. The lowest BCUT2D eigenvalue weighted by molar-refractivity contribution is -0.136. The van der Waals surface area contributed by atoms with Crippen LogP contribution >= 0.6 is 0 Å². The van der Waals surface area contributed by atoms with Gasteiger partial charge in [0.25, 0.3) is 11.8 Å². The van der Waals surface area contributed by atoms with Crippen molar-refractivity contribution >= 4 is 33.8 Å². The van der Waals surface area contributed by atoms with Crippen molar-refractivity contribution in [3.63, 3.8) is 0 Å². The van der Waals surface area contributed by atoms with E-state index in [-0.39, 0.29) is 30.0 Å². The van der Waals surface area contributed by atoms with E-state index in [0.717, 1.165) is 11.3 Å². The van der Waals surface area contributed by atoms with Crippen LogP contribution in [-0.4, -0.2) is 65.6 Å². The van der Waals surface area contributed by atoms with Gasteiger partial charge in [-0.25, -0.2) is 4.68 Å². The van der Waals surface area contributed by atoms with Gasteiger partial charge < -0.3 is 4.55 Å². The van der Waals surface area contributed by atoms with Crippen LogP contribution < -0.4 is 5.32 Å². The van der Waals surface area contributed by atoms with E-state index in [9.17, 15) is 27.9 Å². The summed E-state index contributed by atoms with van der Waals surface area (Å²) in [6, 6.07) is 3.33. The fourth-order valence-corrected chi connectivity index (χ4v) is 6.34. The average Bonchev–Trinajstić information content (AvgIpc) is 3.48. The van der Waals surface area contributed by atoms with Crippen molar-refractivity contribution in [1.82, 2.24) is 25.2 Å². The minimum atomic E-state index is -3.23. The van der Waals surface area contributed by atoms with Crippen molar-refractivity contribution in [3.8, 4) is 11.3 Å². The second-order valence-corrected chi connectivity index (χ2v) is 10.9. The van der Waals surface area contributed by atoms with E-state index in [0.29, 0.717) is 24.1 Å². The first-order valence-corrected chi connectivity index (χ1v) is 12.6. The first-order chi connectivity index (χ1) is 15.6. The summed E-state index contributed by atoms with van der Waals surface area (Å²) >= 11 is 0. The van der Waals surface area contributed by atoms with Gasteiger partial charge in [-0.2, -0.15) is 0 Å². The van der Waals surface area contributed by atoms with E-state index in [1.807, 2.05) is 0 Å². The van der Waals surface area contributed by atoms with Crippen LogP contribution in [-0.2, 0) is 24.0 Å². The number of fused-ring (bicyclic) bond motifs is 1. The number of carbonyl (C=O) groups is 4. The Morgan fingerprint density at radius 2 is 1.85 bits per heavy atom. The first kappa shape index (κ1) is 21.6. The molecule has 1 aromatic carbocycles. The van der Waals surface area contributed by atoms with Crippen molar-refractivity contribution in [2.24, 2.45) is 0 Å². The lowest BCUT2D eigenvalue weighted by Crippen LogP contribution is -2.54. The van der Waals surface area contributed by atoms with Crippen molar-refractivity contribution in [2.75, 3.05) is 6.26 Å². The van der Waals surface area contributed by atoms with Crippen molar-refractivity contribution in [2.45, 2.75) is 49.4 Å². The number of rotatable bonds is 4. The Bertz CT molecular complexity index is 1250. The molecule has 2 aromatic rings. The fraction of sp³-hybridized carbons (Fsp3) is 0.429. The minimum absolute atomic E-state index is 0.0494. The molecule has 33 heavy (non-hydrogen) atoms. The van der Waals surface area contributed by atoms with Gasteiger partial charge in [0.05, 0.1) is 23.6 Å². The molecule has 3 heterocycles. The summed E-state index contributed by atoms with van der Waals surface area (Å²) < 4.78 is 25.8. The third-order valence-electron chi connectivity index (χ3n) is 6.55. The molecule has 1 saturated heterocycles. The van der Waals surface area contributed by atoms with Crippen LogP contribution in [0.25, 0.3) is 11.3 Å². The number of hydrogen-bond donors (Lipinski definition) is 1. The van der Waals surface area contributed by atoms with Gasteiger partial charge in [-0.1, -0.05) is 11.3 Å². The number of carbonyl (C=O) groups excluding carboxylic acids is 4. The van der Waals surface area contributed by atoms with Gasteiger partial charge in [-0.3, -0.25) is 29.4 Å². The maximum absolute atomic E-state index is 13.0. The van der Waals surface area contributed by atoms with Crippen LogP contribution in [0.5, 0.6) is 0 Å². The van der Waals surface area contributed by atoms with E-state index in [1.165, 1.54) is 18.4 Å². The van der Waals surface area contributed by atoms with Gasteiger partial charge >= 0.3 is 0 Å². The van der Waals surface area contributed by atoms with E-state index in [1.54, 1.807) is 16.9 Å². The third-order valence-corrected chi connectivity index (χ3v) is 8.20. The molecule has 1 aliphatic carbocycles. The number of aromatic nitrogens is 3. The molecule has 2 aliphatic heterocycles. The Hall–Kier alpha value is -3.25. The summed E-state index contributed by atoms with van der Waals surface area (Å²) in [5.41, 5.74) is 1.30. The predicted molar refractivity (Wildman–Crippen MR) is 114 cm³/mol. The number of nitrogens with zero attached hydrogens (tertiary/aromatic N) is 4. The molecule has 1 saturated carbocycles. The van der Waals surface area contributed by atoms with Crippen molar-refractivity contribution in [3.05, 3.63) is 35.5 Å². The van der Waals surface area contributed by atoms with E-state index < -0.39 is 45.1 Å². The minimum Gasteiger partial charge on any atom is -0.615 e. The molecule has 0 bridgehead atoms. The van der Waals surface area contributed by atoms with Crippen LogP contribution in [0.15, 0.2) is 24.4 Å². The number of hydrogen-bond acceptors (Lipinski definition) is 8. The molecule has 0 spiro atoms. The number of imide groups is 2. The van der Waals surface area contributed by atoms with Crippen LogP contribution in [0, 0.1) is 0 Å². The van der Waals surface area contributed by atoms with Gasteiger partial charge in [-0.15, -0.1) is 9.31 Å². The molecular weight excluding hydrogens is 450 g/mol. The molecule has 2 fully saturated rings. The summed E-state index contributed by atoms with van der Waals surface area (Å²) in [5, 5.41) is 9.93. The highest BCUT2D eigenvalue weighted by atomic mass is 32.3. The Morgan fingerprint density at radius 3 is 2.58 bits per heavy atom. The highest BCUT2D eigenvalue weighted by Gasteiger charge is 2.45. The normalized spacial score (nSPS) is 27.0. The summed E-state index contributed by atoms with van der Waals surface area (Å²) in [6.07, 6.45) is 5.04. The monoisotopic (exact) mass is 471 g/mol. The third kappa shape index (κ3) is 3.59. The first-order valence-electron chi connectivity index (χ1n) is 10.6. The Kier molecular flexibility index (Phi) is 5.01. The molecule has 4 amide bonds. The highest BCUT2D eigenvalue weighted by Crippen LogP contribution is 2.37. The second-order valence-electron chi connectivity index (χ2n) is 8.66. The molecule has 4 atom stereocenters. The van der Waals surface area contributed by atoms with Gasteiger partial charge in [0.15, 0.2) is 0 Å². The SMILES string of the molecule is C[S+](=O)([O-])[C@@H]1CCC[C@H]1n1cc(-c2ccc3c(c2)C(=O)N(C2CCC(=O)NC2=O)C3=O)nn1. The zero-order valence-corrected chi connectivity index (χ0v) is 18.5. The maximum Gasteiger partial charge on any atom is 0.262 e. The number of amides is 4. The Morgan fingerprint density at radius 1 is 1.09 bits per heavy atom. The lowest BCUT2D eigenvalue weighted by Gasteiger charge is -2.27. The largest absolute Gasteiger partial charge is 0.615 e. The van der Waals surface area contributed by atoms with Gasteiger partial charge in [-0.05, 0) is 37.8 Å². The summed E-state index contributed by atoms with van der Waals surface area (Å²) in [6.45, 7) is 0. The van der Waals surface area contributed by atoms with E-state index in [4.69, 9.17) is 0 Å². The van der Waals surface area contributed by atoms with Crippen LogP contribution in [0.4, 0.5) is 0 Å². The molecule has 5 rings (SSSR count). The summed E-state index contributed by atoms with van der Waals surface area (Å²) in [5.74, 6) is -2.28. The summed E-state index contributed by atoms with van der Waals surface area (Å²) in [7, 11) is -3.23. The smallest absolute Gasteiger partial charge is 0.262 e. The number of benzene rings is 1. The Labute approximate surface area is 189 Å². The van der Waals surface area contributed by atoms with Gasteiger partial charge in [0.2, 0.25) is 11.8 Å². The molecule has 172 valence electrons. The fourth-order valence-electron chi connectivity index (χ4n) is 4.91. The Balaban J connectivity index is 1.42. The number of nitrogens with one attached hydrogen (secondary N) is 1. The molecular formula is C21H21N5O6S. The standard InChI is InChI=1S/C21H21N5O6S/c1-33(31,32)17-4-2-3-15(17)25-10-14(23-24-25)11-5-6-12-13(9-11)21(30)26(20(12)29)16-7-8-18(27)22-19(16)28/h5-6,9-10,15-17H,2-4,7-8H2,1H3,(H-,22,27,28,31,32)/t15-,16?,17-/m1/s1. The maximum atomic E-state index is 13.0. The molecule has 11 nitrogen and oxygen atoms in total. The van der Waals surface area contributed by atoms with Gasteiger partial charge in [0.1, 0.15) is 23.0 Å². The molecule has 1 aromatic heterocycles. The summed E-state index contributed by atoms with van der Waals surface area (Å²) in [4.78, 5) is 50.4. The second kappa shape index (κ2) is 7.66. The predicted octanol–water partition coefficient (Wildman–Crippen LogP) is 0.700. The molecule has 12 heteroatoms. The zero-order valence-electron chi connectivity index (χ0n) is 17.7. The van der Waals surface area contributed by atoms with Crippen molar-refractivity contribution < 1.29 is 27.9 Å². The van der Waals surface area contributed by atoms with Crippen LogP contribution in [0.2, 0.25) is 0 Å². The van der Waals surface area contributed by atoms with Crippen LogP contribution in [0.1, 0.15) is 58.9 Å².